The van der Waals surface area contributed by atoms with E-state index < -0.39 is 25.8 Å². The molecule has 3 amide bonds. The number of carbonyl (C=O) groups excluding carboxylic acids is 3. The van der Waals surface area contributed by atoms with Crippen LogP contribution in [0.5, 0.6) is 0 Å². The third kappa shape index (κ3) is 31.0. The summed E-state index contributed by atoms with van der Waals surface area (Å²) in [4.78, 5) is 28.4. The molecule has 1 radical (unpaired) electrons. The van der Waals surface area contributed by atoms with Crippen LogP contribution in [0.15, 0.2) is 17.3 Å². The Bertz CT molecular complexity index is 412. The summed E-state index contributed by atoms with van der Waals surface area (Å²) in [5, 5.41) is 1.49. The first-order valence-corrected chi connectivity index (χ1v) is 11.4. The summed E-state index contributed by atoms with van der Waals surface area (Å²) in [5.41, 5.74) is 18.6. The van der Waals surface area contributed by atoms with Crippen LogP contribution in [0.3, 0.4) is 0 Å². The van der Waals surface area contributed by atoms with E-state index in [9.17, 15) is 14.4 Å². The van der Waals surface area contributed by atoms with Crippen molar-refractivity contribution < 1.29 is 32.9 Å². The summed E-state index contributed by atoms with van der Waals surface area (Å²) in [6, 6.07) is 0. The van der Waals surface area contributed by atoms with Crippen molar-refractivity contribution in [2.45, 2.75) is 66.1 Å². The van der Waals surface area contributed by atoms with Crippen LogP contribution < -0.4 is 0 Å². The Hall–Kier alpha value is -1.31. The van der Waals surface area contributed by atoms with Crippen molar-refractivity contribution in [1.29, 1.82) is 0 Å². The van der Waals surface area contributed by atoms with E-state index in [4.69, 9.17) is 17.2 Å². The number of hydrogen-bond donors (Lipinski definition) is 0. The number of nitrogens with one attached hydrogen (secondary N) is 3. The number of carbonyl (C=O) groups is 3. The van der Waals surface area contributed by atoms with E-state index in [-0.39, 0.29) is 18.6 Å². The van der Waals surface area contributed by atoms with Gasteiger partial charge in [-0.05, 0) is 19.3 Å². The van der Waals surface area contributed by atoms with E-state index in [1.807, 2.05) is 0 Å². The number of rotatable bonds is 4. The van der Waals surface area contributed by atoms with Crippen molar-refractivity contribution in [3.63, 3.8) is 0 Å². The van der Waals surface area contributed by atoms with Crippen molar-refractivity contribution in [2.24, 2.45) is 0 Å². The first kappa shape index (κ1) is 31.5. The van der Waals surface area contributed by atoms with Gasteiger partial charge in [0.05, 0.1) is 0 Å². The minimum Gasteiger partial charge on any atom is -0.668 e. The van der Waals surface area contributed by atoms with Crippen molar-refractivity contribution in [2.75, 3.05) is 0 Å². The minimum atomic E-state index is -1.01. The quantitative estimate of drug-likeness (QED) is 0.455. The third-order valence-corrected chi connectivity index (χ3v) is 4.43. The van der Waals surface area contributed by atoms with Crippen molar-refractivity contribution in [3.8, 4) is 0 Å². The predicted octanol–water partition coefficient (Wildman–Crippen LogP) is 5.48. The van der Waals surface area contributed by atoms with Crippen molar-refractivity contribution in [1.82, 2.24) is 0 Å². The Morgan fingerprint density at radius 2 is 1.20 bits per heavy atom. The fourth-order valence-electron chi connectivity index (χ4n) is 0.920. The van der Waals surface area contributed by atoms with Crippen molar-refractivity contribution in [3.05, 3.63) is 40.6 Å². The van der Waals surface area contributed by atoms with E-state index in [1.54, 1.807) is 20.8 Å². The van der Waals surface area contributed by atoms with Gasteiger partial charge in [0.15, 0.2) is 0 Å². The molecule has 3 N–H and O–H groups in total. The standard InChI is InChI=1S/C8H13Si.3C3H7NO.V/c1-9(2,3)8-6-4-5-7-8;3*1-2-3(4)5;/h4,6H,5H2,1-3H3;3*2H2,1H3,(H2,4,5);/q-1;;;;+4/p-3. The van der Waals surface area contributed by atoms with Gasteiger partial charge in [-0.25, -0.2) is 11.3 Å². The van der Waals surface area contributed by atoms with Crippen LogP contribution in [0.4, 0.5) is 0 Å². The Morgan fingerprint density at radius 3 is 1.28 bits per heavy atom. The first-order valence-electron chi connectivity index (χ1n) is 7.93. The van der Waals surface area contributed by atoms with Gasteiger partial charge in [-0.1, -0.05) is 40.4 Å². The molecule has 0 aromatic carbocycles. The smallest absolute Gasteiger partial charge is 0.668 e. The molecular weight excluding hydrogens is 373 g/mol. The maximum Gasteiger partial charge on any atom is 4.00 e. The summed E-state index contributed by atoms with van der Waals surface area (Å²) in [7, 11) is -1.01. The van der Waals surface area contributed by atoms with Crippen LogP contribution in [0.25, 0.3) is 17.2 Å². The number of hydrogen-bond acceptors (Lipinski definition) is 3. The maximum absolute atomic E-state index is 9.48. The zero-order chi connectivity index (χ0) is 19.8. The Morgan fingerprint density at radius 1 is 0.920 bits per heavy atom. The van der Waals surface area contributed by atoms with Gasteiger partial charge < -0.3 is 31.6 Å². The van der Waals surface area contributed by atoms with E-state index in [0.29, 0.717) is 19.3 Å². The molecule has 0 atom stereocenters. The second-order valence-electron chi connectivity index (χ2n) is 5.78. The molecule has 0 aromatic rings. The molecule has 0 bridgehead atoms. The molecule has 0 saturated heterocycles. The Kier molecular flexibility index (Phi) is 23.9. The molecule has 1 aliphatic rings. The van der Waals surface area contributed by atoms with E-state index >= 15 is 0 Å². The molecule has 0 aliphatic heterocycles. The molecule has 1 rings (SSSR count). The van der Waals surface area contributed by atoms with E-state index in [1.165, 1.54) is 5.20 Å². The zero-order valence-corrected chi connectivity index (χ0v) is 18.6. The largest absolute Gasteiger partial charge is 4.00 e. The molecule has 0 aromatic heterocycles. The molecule has 0 saturated carbocycles. The van der Waals surface area contributed by atoms with Crippen LogP contribution in [0, 0.1) is 6.08 Å². The van der Waals surface area contributed by atoms with Crippen LogP contribution >= 0.6 is 0 Å². The molecular formula is C17H31N3O3SiV. The molecule has 0 fully saturated rings. The van der Waals surface area contributed by atoms with Crippen molar-refractivity contribution >= 4 is 25.8 Å². The monoisotopic (exact) mass is 404 g/mol. The zero-order valence-electron chi connectivity index (χ0n) is 16.2. The van der Waals surface area contributed by atoms with Gasteiger partial charge in [-0.15, -0.1) is 6.42 Å². The summed E-state index contributed by atoms with van der Waals surface area (Å²) >= 11 is 0. The van der Waals surface area contributed by atoms with Gasteiger partial charge in [-0.2, -0.15) is 6.08 Å². The predicted molar refractivity (Wildman–Crippen MR) is 103 cm³/mol. The normalized spacial score (nSPS) is 11.0. The van der Waals surface area contributed by atoms with Crippen LogP contribution in [0.1, 0.15) is 46.5 Å². The molecule has 0 heterocycles. The van der Waals surface area contributed by atoms with Crippen LogP contribution in [-0.4, -0.2) is 25.8 Å². The summed E-state index contributed by atoms with van der Waals surface area (Å²) < 4.78 is 0. The fourth-order valence-corrected chi connectivity index (χ4v) is 2.17. The van der Waals surface area contributed by atoms with Gasteiger partial charge >= 0.3 is 18.6 Å². The molecule has 8 heteroatoms. The average Bonchev–Trinajstić information content (AvgIpc) is 3.03. The molecule has 0 spiro atoms. The van der Waals surface area contributed by atoms with E-state index in [2.05, 4.69) is 37.9 Å². The molecule has 1 aliphatic carbocycles. The fraction of sp³-hybridized carbons (Fsp3) is 0.588. The topological polar surface area (TPSA) is 123 Å². The summed E-state index contributed by atoms with van der Waals surface area (Å²) in [6.45, 7) is 12.0. The SMILES string of the molecule is CCC([NH-])=O.CCC([NH-])=O.CCC([NH-])=O.C[Si](C)(C)C1=[C-]CC=C1.[V+4]. The summed E-state index contributed by atoms with van der Waals surface area (Å²) in [6.07, 6.45) is 9.82. The third-order valence-electron chi connectivity index (χ3n) is 2.47. The molecule has 25 heavy (non-hydrogen) atoms. The molecule has 0 unspecified atom stereocenters. The van der Waals surface area contributed by atoms with Crippen LogP contribution in [-0.2, 0) is 32.9 Å². The minimum absolute atomic E-state index is 0. The second kappa shape index (κ2) is 19.0. The Balaban J connectivity index is -0.000000122. The molecule has 141 valence electrons. The van der Waals surface area contributed by atoms with Gasteiger partial charge in [0.1, 0.15) is 0 Å². The molecule has 6 nitrogen and oxygen atoms in total. The Labute approximate surface area is 165 Å². The first-order chi connectivity index (χ1) is 10.9. The van der Waals surface area contributed by atoms with Gasteiger partial charge in [0.2, 0.25) is 0 Å². The van der Waals surface area contributed by atoms with Crippen LogP contribution in [0.2, 0.25) is 19.6 Å². The van der Waals surface area contributed by atoms with E-state index in [0.717, 1.165) is 6.42 Å². The summed E-state index contributed by atoms with van der Waals surface area (Å²) in [5.74, 6) is -1.49. The number of amides is 3. The van der Waals surface area contributed by atoms with Gasteiger partial charge in [-0.3, -0.25) is 6.08 Å². The second-order valence-corrected chi connectivity index (χ2v) is 10.8. The van der Waals surface area contributed by atoms with Gasteiger partial charge in [0, 0.05) is 25.8 Å². The number of allylic oxidation sites excluding steroid dienone is 4. The maximum atomic E-state index is 9.48. The van der Waals surface area contributed by atoms with Gasteiger partial charge in [0.25, 0.3) is 0 Å². The average molecular weight is 404 g/mol.